The second kappa shape index (κ2) is 7.40. The first-order chi connectivity index (χ1) is 11.3. The highest BCUT2D eigenvalue weighted by molar-refractivity contribution is 6.30. The number of hydrogen-bond donors (Lipinski definition) is 1. The van der Waals surface area contributed by atoms with Crippen molar-refractivity contribution in [3.05, 3.63) is 53.6 Å². The van der Waals surface area contributed by atoms with Gasteiger partial charge in [0.15, 0.2) is 0 Å². The summed E-state index contributed by atoms with van der Waals surface area (Å²) in [6.07, 6.45) is 0.906. The molecule has 0 bridgehead atoms. The molecule has 0 saturated carbocycles. The summed E-state index contributed by atoms with van der Waals surface area (Å²) >= 11 is 5.99. The van der Waals surface area contributed by atoms with Crippen LogP contribution in [0.3, 0.4) is 0 Å². The maximum atomic E-state index is 5.99. The molecule has 0 aliphatic rings. The molecule has 0 radical (unpaired) electrons. The maximum Gasteiger partial charge on any atom is 0.223 e. The molecule has 0 saturated heterocycles. The molecular formula is C18H18ClN3O. The van der Waals surface area contributed by atoms with E-state index in [1.165, 1.54) is 0 Å². The van der Waals surface area contributed by atoms with Gasteiger partial charge in [-0.15, -0.1) is 0 Å². The molecule has 23 heavy (non-hydrogen) atoms. The molecule has 1 N–H and O–H groups in total. The van der Waals surface area contributed by atoms with E-state index < -0.39 is 0 Å². The van der Waals surface area contributed by atoms with Gasteiger partial charge in [-0.25, -0.2) is 9.97 Å². The van der Waals surface area contributed by atoms with Crippen LogP contribution in [0.4, 0.5) is 5.95 Å². The second-order valence-electron chi connectivity index (χ2n) is 5.19. The van der Waals surface area contributed by atoms with Crippen LogP contribution in [0.25, 0.3) is 22.2 Å². The zero-order chi connectivity index (χ0) is 16.1. The van der Waals surface area contributed by atoms with Gasteiger partial charge in [-0.1, -0.05) is 41.9 Å². The molecular weight excluding hydrogens is 310 g/mol. The number of rotatable bonds is 6. The molecule has 3 rings (SSSR count). The highest BCUT2D eigenvalue weighted by Gasteiger charge is 2.09. The second-order valence-corrected chi connectivity index (χ2v) is 5.63. The van der Waals surface area contributed by atoms with E-state index in [-0.39, 0.29) is 0 Å². The van der Waals surface area contributed by atoms with Crippen LogP contribution < -0.4 is 5.32 Å². The van der Waals surface area contributed by atoms with E-state index in [0.29, 0.717) is 17.6 Å². The number of aromatic nitrogens is 2. The number of hydrogen-bond acceptors (Lipinski definition) is 4. The average molecular weight is 328 g/mol. The van der Waals surface area contributed by atoms with Crippen molar-refractivity contribution in [3.63, 3.8) is 0 Å². The van der Waals surface area contributed by atoms with Crippen molar-refractivity contribution in [1.82, 2.24) is 9.97 Å². The first kappa shape index (κ1) is 15.7. The lowest BCUT2D eigenvalue weighted by Crippen LogP contribution is -2.08. The highest BCUT2D eigenvalue weighted by Crippen LogP contribution is 2.28. The molecule has 4 nitrogen and oxygen atoms in total. The number of benzene rings is 2. The smallest absolute Gasteiger partial charge is 0.223 e. The molecule has 5 heteroatoms. The van der Waals surface area contributed by atoms with Crippen LogP contribution in [0, 0.1) is 0 Å². The summed E-state index contributed by atoms with van der Waals surface area (Å²) in [5, 5.41) is 5.00. The zero-order valence-electron chi connectivity index (χ0n) is 12.9. The van der Waals surface area contributed by atoms with Gasteiger partial charge in [0.2, 0.25) is 5.95 Å². The Morgan fingerprint density at radius 2 is 1.83 bits per heavy atom. The summed E-state index contributed by atoms with van der Waals surface area (Å²) in [7, 11) is 1.70. The first-order valence-corrected chi connectivity index (χ1v) is 7.91. The molecule has 1 aromatic heterocycles. The van der Waals surface area contributed by atoms with Gasteiger partial charge in [0.1, 0.15) is 0 Å². The lowest BCUT2D eigenvalue weighted by Gasteiger charge is -2.10. The summed E-state index contributed by atoms with van der Waals surface area (Å²) in [6, 6.07) is 15.7. The number of fused-ring (bicyclic) bond motifs is 1. The third kappa shape index (κ3) is 3.78. The SMILES string of the molecule is COCCCNc1nc(-c2ccc(Cl)cc2)c2ccccc2n1. The Morgan fingerprint density at radius 3 is 2.61 bits per heavy atom. The number of para-hydroxylation sites is 1. The Hall–Kier alpha value is -2.17. The Bertz CT molecular complexity index is 790. The van der Waals surface area contributed by atoms with Gasteiger partial charge in [-0.3, -0.25) is 0 Å². The quantitative estimate of drug-likeness (QED) is 0.682. The van der Waals surface area contributed by atoms with Gasteiger partial charge in [0, 0.05) is 36.2 Å². The molecule has 0 spiro atoms. The van der Waals surface area contributed by atoms with Crippen molar-refractivity contribution < 1.29 is 4.74 Å². The van der Waals surface area contributed by atoms with Crippen molar-refractivity contribution >= 4 is 28.5 Å². The minimum absolute atomic E-state index is 0.629. The monoisotopic (exact) mass is 327 g/mol. The number of methoxy groups -OCH3 is 1. The van der Waals surface area contributed by atoms with Crippen LogP contribution in [-0.4, -0.2) is 30.2 Å². The molecule has 0 amide bonds. The molecule has 1 heterocycles. The molecule has 2 aromatic carbocycles. The first-order valence-electron chi connectivity index (χ1n) is 7.53. The van der Waals surface area contributed by atoms with Crippen molar-refractivity contribution in [3.8, 4) is 11.3 Å². The molecule has 0 fully saturated rings. The molecule has 0 aliphatic heterocycles. The van der Waals surface area contributed by atoms with Crippen LogP contribution in [0.5, 0.6) is 0 Å². The van der Waals surface area contributed by atoms with Gasteiger partial charge >= 0.3 is 0 Å². The van der Waals surface area contributed by atoms with E-state index in [4.69, 9.17) is 21.3 Å². The van der Waals surface area contributed by atoms with Crippen molar-refractivity contribution in [2.24, 2.45) is 0 Å². The van der Waals surface area contributed by atoms with Crippen LogP contribution in [0.15, 0.2) is 48.5 Å². The van der Waals surface area contributed by atoms with E-state index in [2.05, 4.69) is 10.3 Å². The van der Waals surface area contributed by atoms with E-state index in [1.807, 2.05) is 48.5 Å². The minimum Gasteiger partial charge on any atom is -0.385 e. The van der Waals surface area contributed by atoms with Crippen molar-refractivity contribution in [1.29, 1.82) is 0 Å². The maximum absolute atomic E-state index is 5.99. The summed E-state index contributed by atoms with van der Waals surface area (Å²) in [4.78, 5) is 9.28. The van der Waals surface area contributed by atoms with E-state index in [1.54, 1.807) is 7.11 Å². The fourth-order valence-corrected chi connectivity index (χ4v) is 2.53. The molecule has 0 aliphatic carbocycles. The summed E-state index contributed by atoms with van der Waals surface area (Å²) < 4.78 is 5.06. The van der Waals surface area contributed by atoms with Crippen LogP contribution in [0.2, 0.25) is 5.02 Å². The summed E-state index contributed by atoms with van der Waals surface area (Å²) in [6.45, 7) is 1.48. The number of halogens is 1. The Labute approximate surface area is 140 Å². The van der Waals surface area contributed by atoms with Crippen molar-refractivity contribution in [2.45, 2.75) is 6.42 Å². The van der Waals surface area contributed by atoms with E-state index in [0.717, 1.165) is 35.1 Å². The Kier molecular flexibility index (Phi) is 5.05. The molecule has 3 aromatic rings. The lowest BCUT2D eigenvalue weighted by molar-refractivity contribution is 0.197. The Morgan fingerprint density at radius 1 is 1.04 bits per heavy atom. The number of ether oxygens (including phenoxy) is 1. The normalized spacial score (nSPS) is 10.9. The predicted molar refractivity (Wildman–Crippen MR) is 95.0 cm³/mol. The summed E-state index contributed by atoms with van der Waals surface area (Å²) in [5.74, 6) is 0.629. The third-order valence-electron chi connectivity index (χ3n) is 3.53. The van der Waals surface area contributed by atoms with Gasteiger partial charge < -0.3 is 10.1 Å². The standard InChI is InChI=1S/C18H18ClN3O/c1-23-12-4-11-20-18-21-16-6-3-2-5-15(16)17(22-18)13-7-9-14(19)10-8-13/h2-3,5-10H,4,11-12H2,1H3,(H,20,21,22). The molecule has 0 unspecified atom stereocenters. The molecule has 0 atom stereocenters. The van der Waals surface area contributed by atoms with E-state index >= 15 is 0 Å². The average Bonchev–Trinajstić information content (AvgIpc) is 2.59. The number of nitrogens with zero attached hydrogens (tertiary/aromatic N) is 2. The largest absolute Gasteiger partial charge is 0.385 e. The molecule has 118 valence electrons. The van der Waals surface area contributed by atoms with Crippen LogP contribution in [0.1, 0.15) is 6.42 Å². The zero-order valence-corrected chi connectivity index (χ0v) is 13.7. The van der Waals surface area contributed by atoms with Crippen LogP contribution >= 0.6 is 11.6 Å². The summed E-state index contributed by atoms with van der Waals surface area (Å²) in [5.41, 5.74) is 2.84. The lowest BCUT2D eigenvalue weighted by atomic mass is 10.1. The van der Waals surface area contributed by atoms with Gasteiger partial charge in [-0.2, -0.15) is 0 Å². The topological polar surface area (TPSA) is 47.0 Å². The van der Waals surface area contributed by atoms with Gasteiger partial charge in [0.05, 0.1) is 11.2 Å². The predicted octanol–water partition coefficient (Wildman–Crippen LogP) is 4.40. The van der Waals surface area contributed by atoms with Crippen molar-refractivity contribution in [2.75, 3.05) is 25.6 Å². The number of nitrogens with one attached hydrogen (secondary N) is 1. The van der Waals surface area contributed by atoms with E-state index in [9.17, 15) is 0 Å². The third-order valence-corrected chi connectivity index (χ3v) is 3.78. The fourth-order valence-electron chi connectivity index (χ4n) is 2.40. The van der Waals surface area contributed by atoms with Crippen LogP contribution in [-0.2, 0) is 4.74 Å². The van der Waals surface area contributed by atoms with Gasteiger partial charge in [0.25, 0.3) is 0 Å². The van der Waals surface area contributed by atoms with Gasteiger partial charge in [-0.05, 0) is 24.6 Å². The minimum atomic E-state index is 0.629. The highest BCUT2D eigenvalue weighted by atomic mass is 35.5. The fraction of sp³-hybridized carbons (Fsp3) is 0.222. The number of anilines is 1. The Balaban J connectivity index is 1.98.